The van der Waals surface area contributed by atoms with Crippen LogP contribution in [0.15, 0.2) is 24.5 Å². The molecule has 1 aromatic carbocycles. The number of imidazole rings is 1. The van der Waals surface area contributed by atoms with Crippen LogP contribution in [-0.4, -0.2) is 31.6 Å². The normalized spacial score (nSPS) is 22.4. The first-order valence-corrected chi connectivity index (χ1v) is 8.05. The minimum Gasteiger partial charge on any atom is -0.478 e. The molecule has 106 valence electrons. The van der Waals surface area contributed by atoms with Gasteiger partial charge in [0.25, 0.3) is 0 Å². The lowest BCUT2D eigenvalue weighted by Crippen LogP contribution is -2.06. The van der Waals surface area contributed by atoms with Crippen LogP contribution in [0.1, 0.15) is 42.6 Å². The molecule has 0 spiro atoms. The molecule has 1 N–H and O–H groups in total. The molecule has 2 aromatic rings. The van der Waals surface area contributed by atoms with E-state index in [9.17, 15) is 4.79 Å². The van der Waals surface area contributed by atoms with Crippen molar-refractivity contribution in [3.63, 3.8) is 0 Å². The molecule has 0 bridgehead atoms. The number of carboxylic acids is 1. The molecule has 3 rings (SSSR count). The lowest BCUT2D eigenvalue weighted by Gasteiger charge is -2.13. The number of benzene rings is 1. The van der Waals surface area contributed by atoms with Gasteiger partial charge >= 0.3 is 5.97 Å². The van der Waals surface area contributed by atoms with E-state index in [0.29, 0.717) is 11.6 Å². The summed E-state index contributed by atoms with van der Waals surface area (Å²) in [5.74, 6) is 0.274. The minimum atomic E-state index is -0.884. The van der Waals surface area contributed by atoms with E-state index >= 15 is 0 Å². The molecule has 0 amide bonds. The third-order valence-electron chi connectivity index (χ3n) is 3.97. The Bertz CT molecular complexity index is 638. The molecule has 1 fully saturated rings. The van der Waals surface area contributed by atoms with Crippen LogP contribution in [0, 0.1) is 0 Å². The number of hydrogen-bond donors (Lipinski definition) is 1. The fourth-order valence-corrected chi connectivity index (χ4v) is 4.14. The van der Waals surface area contributed by atoms with Crippen LogP contribution < -0.4 is 0 Å². The van der Waals surface area contributed by atoms with E-state index in [1.165, 1.54) is 6.42 Å². The highest BCUT2D eigenvalue weighted by Crippen LogP contribution is 2.38. The second-order valence-electron chi connectivity index (χ2n) is 5.20. The molecule has 0 saturated heterocycles. The van der Waals surface area contributed by atoms with E-state index in [1.807, 2.05) is 18.1 Å². The molecule has 1 aliphatic carbocycles. The number of hydrogen-bond acceptors (Lipinski definition) is 3. The molecule has 1 saturated carbocycles. The second kappa shape index (κ2) is 5.48. The molecule has 1 heterocycles. The molecule has 0 aliphatic heterocycles. The number of fused-ring (bicyclic) bond motifs is 1. The van der Waals surface area contributed by atoms with E-state index in [-0.39, 0.29) is 0 Å². The van der Waals surface area contributed by atoms with Crippen LogP contribution in [0.25, 0.3) is 11.0 Å². The highest BCUT2D eigenvalue weighted by atomic mass is 32.2. The molecule has 2 unspecified atom stereocenters. The lowest BCUT2D eigenvalue weighted by atomic mass is 10.2. The molecular weight excluding hydrogens is 272 g/mol. The predicted molar refractivity (Wildman–Crippen MR) is 81.5 cm³/mol. The van der Waals surface area contributed by atoms with E-state index < -0.39 is 5.97 Å². The summed E-state index contributed by atoms with van der Waals surface area (Å²) in [5, 5.41) is 9.84. The summed E-state index contributed by atoms with van der Waals surface area (Å²) >= 11 is 2.03. The molecule has 20 heavy (non-hydrogen) atoms. The highest BCUT2D eigenvalue weighted by Gasteiger charge is 2.26. The summed E-state index contributed by atoms with van der Waals surface area (Å²) in [6.07, 6.45) is 5.41. The van der Waals surface area contributed by atoms with Crippen molar-refractivity contribution < 1.29 is 9.90 Å². The first kappa shape index (κ1) is 13.5. The predicted octanol–water partition coefficient (Wildman–Crippen LogP) is 3.58. The Morgan fingerprint density at radius 2 is 2.35 bits per heavy atom. The van der Waals surface area contributed by atoms with Crippen LogP contribution in [-0.2, 0) is 0 Å². The summed E-state index contributed by atoms with van der Waals surface area (Å²) in [7, 11) is 0. The van der Waals surface area contributed by atoms with Crippen molar-refractivity contribution in [2.75, 3.05) is 5.75 Å². The number of aromatic nitrogens is 2. The highest BCUT2D eigenvalue weighted by molar-refractivity contribution is 7.99. The summed E-state index contributed by atoms with van der Waals surface area (Å²) < 4.78 is 2.16. The average molecular weight is 290 g/mol. The smallest absolute Gasteiger partial charge is 0.335 e. The van der Waals surface area contributed by atoms with Gasteiger partial charge in [0.2, 0.25) is 0 Å². The van der Waals surface area contributed by atoms with Crippen LogP contribution >= 0.6 is 11.8 Å². The van der Waals surface area contributed by atoms with Gasteiger partial charge in [0, 0.05) is 11.3 Å². The van der Waals surface area contributed by atoms with Gasteiger partial charge in [-0.3, -0.25) is 0 Å². The quantitative estimate of drug-likeness (QED) is 0.935. The largest absolute Gasteiger partial charge is 0.478 e. The van der Waals surface area contributed by atoms with Gasteiger partial charge in [0.05, 0.1) is 22.9 Å². The van der Waals surface area contributed by atoms with Gasteiger partial charge in [0.1, 0.15) is 0 Å². The average Bonchev–Trinajstić information content (AvgIpc) is 3.04. The minimum absolute atomic E-state index is 0.330. The van der Waals surface area contributed by atoms with E-state index in [0.717, 1.165) is 34.9 Å². The van der Waals surface area contributed by atoms with Crippen molar-refractivity contribution in [2.45, 2.75) is 37.5 Å². The third kappa shape index (κ3) is 2.42. The number of carboxylic acid groups (broad SMARTS) is 1. The molecule has 1 aliphatic rings. The summed E-state index contributed by atoms with van der Waals surface area (Å²) in [5.41, 5.74) is 2.15. The number of thioether (sulfide) groups is 1. The molecule has 0 radical (unpaired) electrons. The van der Waals surface area contributed by atoms with Gasteiger partial charge in [-0.25, -0.2) is 9.78 Å². The molecule has 4 nitrogen and oxygen atoms in total. The third-order valence-corrected chi connectivity index (χ3v) is 5.21. The van der Waals surface area contributed by atoms with E-state index in [2.05, 4.69) is 16.5 Å². The molecule has 5 heteroatoms. The number of rotatable bonds is 4. The Kier molecular flexibility index (Phi) is 3.70. The summed E-state index contributed by atoms with van der Waals surface area (Å²) in [6.45, 7) is 2.20. The van der Waals surface area contributed by atoms with Gasteiger partial charge in [-0.2, -0.15) is 11.8 Å². The van der Waals surface area contributed by atoms with Gasteiger partial charge in [-0.05, 0) is 43.2 Å². The van der Waals surface area contributed by atoms with Crippen LogP contribution in [0.5, 0.6) is 0 Å². The van der Waals surface area contributed by atoms with Gasteiger partial charge < -0.3 is 9.67 Å². The van der Waals surface area contributed by atoms with Gasteiger partial charge in [0.15, 0.2) is 0 Å². The second-order valence-corrected chi connectivity index (χ2v) is 6.78. The number of carbonyl (C=O) groups is 1. The SMILES string of the molecule is CCSC1CCC(n2cnc3ccc(C(=O)O)cc32)C1. The first-order chi connectivity index (χ1) is 9.69. The van der Waals surface area contributed by atoms with Gasteiger partial charge in [-0.15, -0.1) is 0 Å². The zero-order valence-electron chi connectivity index (χ0n) is 11.5. The Morgan fingerprint density at radius 1 is 1.50 bits per heavy atom. The van der Waals surface area contributed by atoms with Crippen molar-refractivity contribution >= 4 is 28.8 Å². The zero-order valence-corrected chi connectivity index (χ0v) is 12.3. The number of nitrogens with zero attached hydrogens (tertiary/aromatic N) is 2. The van der Waals surface area contributed by atoms with Crippen LogP contribution in [0.3, 0.4) is 0 Å². The van der Waals surface area contributed by atoms with Crippen LogP contribution in [0.4, 0.5) is 0 Å². The van der Waals surface area contributed by atoms with Crippen molar-refractivity contribution in [1.29, 1.82) is 0 Å². The standard InChI is InChI=1S/C15H18N2O2S/c1-2-20-12-5-4-11(8-12)17-9-16-13-6-3-10(15(18)19)7-14(13)17/h3,6-7,9,11-12H,2,4-5,8H2,1H3,(H,18,19). The monoisotopic (exact) mass is 290 g/mol. The summed E-state index contributed by atoms with van der Waals surface area (Å²) in [6, 6.07) is 5.60. The fraction of sp³-hybridized carbons (Fsp3) is 0.467. The summed E-state index contributed by atoms with van der Waals surface area (Å²) in [4.78, 5) is 15.5. The lowest BCUT2D eigenvalue weighted by molar-refractivity contribution is 0.0697. The molecule has 2 atom stereocenters. The first-order valence-electron chi connectivity index (χ1n) is 7.00. The Morgan fingerprint density at radius 3 is 3.10 bits per heavy atom. The van der Waals surface area contributed by atoms with Crippen LogP contribution in [0.2, 0.25) is 0 Å². The van der Waals surface area contributed by atoms with E-state index in [1.54, 1.807) is 18.2 Å². The Labute approximate surface area is 122 Å². The maximum atomic E-state index is 11.1. The van der Waals surface area contributed by atoms with Crippen molar-refractivity contribution in [2.24, 2.45) is 0 Å². The zero-order chi connectivity index (χ0) is 14.1. The van der Waals surface area contributed by atoms with E-state index in [4.69, 9.17) is 5.11 Å². The van der Waals surface area contributed by atoms with Gasteiger partial charge in [-0.1, -0.05) is 6.92 Å². The number of aromatic carboxylic acids is 1. The maximum absolute atomic E-state index is 11.1. The Balaban J connectivity index is 1.92. The van der Waals surface area contributed by atoms with Crippen molar-refractivity contribution in [3.8, 4) is 0 Å². The fourth-order valence-electron chi connectivity index (χ4n) is 3.01. The van der Waals surface area contributed by atoms with Crippen molar-refractivity contribution in [3.05, 3.63) is 30.1 Å². The molecular formula is C15H18N2O2S. The molecule has 1 aromatic heterocycles. The maximum Gasteiger partial charge on any atom is 0.335 e. The van der Waals surface area contributed by atoms with Crippen molar-refractivity contribution in [1.82, 2.24) is 9.55 Å². The topological polar surface area (TPSA) is 55.1 Å². The Hall–Kier alpha value is -1.49.